The van der Waals surface area contributed by atoms with Gasteiger partial charge in [0.05, 0.1) is 38.6 Å². The highest BCUT2D eigenvalue weighted by molar-refractivity contribution is 5.76. The van der Waals surface area contributed by atoms with Crippen LogP contribution in [0, 0.1) is 0 Å². The first-order valence-electron chi connectivity index (χ1n) is 49.7. The molecular formula is C98H185NO18. The molecule has 0 aromatic carbocycles. The van der Waals surface area contributed by atoms with Crippen molar-refractivity contribution in [3.05, 3.63) is 36.5 Å². The van der Waals surface area contributed by atoms with E-state index in [-0.39, 0.29) is 18.9 Å². The Morgan fingerprint density at radius 3 is 0.872 bits per heavy atom. The van der Waals surface area contributed by atoms with Gasteiger partial charge < -0.3 is 89.9 Å². The van der Waals surface area contributed by atoms with Gasteiger partial charge in [-0.25, -0.2) is 0 Å². The van der Waals surface area contributed by atoms with Crippen LogP contribution >= 0.6 is 0 Å². The van der Waals surface area contributed by atoms with Crippen molar-refractivity contribution in [1.82, 2.24) is 5.32 Å². The van der Waals surface area contributed by atoms with Crippen LogP contribution in [-0.4, -0.2) is 193 Å². The van der Waals surface area contributed by atoms with E-state index in [9.17, 15) is 61.0 Å². The first-order chi connectivity index (χ1) is 57.3. The maximum Gasteiger partial charge on any atom is 0.220 e. The SMILES string of the molecule is CCCCCCC/C=C\C/C=C\CCCCCCCCCCCCCCCCCCCCCCCCCCCCCCCC(=O)NC(COC1OC(CO)C(OC2OC(CO)C(OC3OC(CO)C(O)C(O)C3O)C(O)C2O)C(O)C1O)C(O)/C=C/CCCCCCCCCCCCCCCCCCCCCCCCCCCCCCC. The third-order valence-corrected chi connectivity index (χ3v) is 24.9. The minimum absolute atomic E-state index is 0.249. The number of rotatable bonds is 83. The van der Waals surface area contributed by atoms with Gasteiger partial charge in [-0.3, -0.25) is 4.79 Å². The van der Waals surface area contributed by atoms with E-state index >= 15 is 0 Å². The van der Waals surface area contributed by atoms with Gasteiger partial charge >= 0.3 is 0 Å². The Morgan fingerprint density at radius 1 is 0.308 bits per heavy atom. The van der Waals surface area contributed by atoms with Crippen LogP contribution in [0.3, 0.4) is 0 Å². The molecule has 17 atom stereocenters. The second kappa shape index (κ2) is 77.6. The summed E-state index contributed by atoms with van der Waals surface area (Å²) in [5, 5.41) is 121. The minimum atomic E-state index is -1.98. The highest BCUT2D eigenvalue weighted by Crippen LogP contribution is 2.34. The van der Waals surface area contributed by atoms with E-state index in [1.165, 1.54) is 372 Å². The second-order valence-corrected chi connectivity index (χ2v) is 35.6. The fourth-order valence-electron chi connectivity index (χ4n) is 17.1. The van der Waals surface area contributed by atoms with E-state index < -0.39 is 124 Å². The zero-order valence-electron chi connectivity index (χ0n) is 75.0. The Bertz CT molecular complexity index is 2240. The molecule has 3 aliphatic rings. The first-order valence-corrected chi connectivity index (χ1v) is 49.7. The molecule has 0 bridgehead atoms. The van der Waals surface area contributed by atoms with Crippen LogP contribution in [0.1, 0.15) is 450 Å². The molecule has 0 aromatic heterocycles. The summed E-state index contributed by atoms with van der Waals surface area (Å²) in [6.07, 6.45) is 74.7. The monoisotopic (exact) mass is 1660 g/mol. The van der Waals surface area contributed by atoms with Gasteiger partial charge in [-0.2, -0.15) is 0 Å². The number of unbranched alkanes of at least 4 members (excludes halogenated alkanes) is 63. The zero-order chi connectivity index (χ0) is 84.5. The summed E-state index contributed by atoms with van der Waals surface area (Å²) >= 11 is 0. The van der Waals surface area contributed by atoms with Crippen molar-refractivity contribution in [2.24, 2.45) is 0 Å². The molecule has 690 valence electrons. The van der Waals surface area contributed by atoms with Crippen LogP contribution in [0.4, 0.5) is 0 Å². The molecule has 0 saturated carbocycles. The lowest BCUT2D eigenvalue weighted by Crippen LogP contribution is -2.66. The van der Waals surface area contributed by atoms with Crippen molar-refractivity contribution in [2.75, 3.05) is 26.4 Å². The maximum absolute atomic E-state index is 13.6. The van der Waals surface area contributed by atoms with Crippen molar-refractivity contribution in [2.45, 2.75) is 555 Å². The predicted molar refractivity (Wildman–Crippen MR) is 476 cm³/mol. The molecular weight excluding hydrogens is 1480 g/mol. The van der Waals surface area contributed by atoms with Crippen LogP contribution < -0.4 is 5.32 Å². The normalized spacial score (nSPS) is 24.5. The Kier molecular flexibility index (Phi) is 72.4. The number of aliphatic hydroxyl groups is 11. The molecule has 0 radical (unpaired) electrons. The highest BCUT2D eigenvalue weighted by atomic mass is 16.8. The van der Waals surface area contributed by atoms with E-state index in [2.05, 4.69) is 43.5 Å². The third-order valence-electron chi connectivity index (χ3n) is 24.9. The molecule has 3 aliphatic heterocycles. The van der Waals surface area contributed by atoms with Crippen molar-refractivity contribution < 1.29 is 89.4 Å². The smallest absolute Gasteiger partial charge is 0.220 e. The van der Waals surface area contributed by atoms with E-state index in [4.69, 9.17) is 28.4 Å². The largest absolute Gasteiger partial charge is 0.394 e. The van der Waals surface area contributed by atoms with Crippen LogP contribution in [-0.2, 0) is 33.2 Å². The summed E-state index contributed by atoms with van der Waals surface area (Å²) in [6.45, 7) is 1.81. The lowest BCUT2D eigenvalue weighted by atomic mass is 9.96. The summed E-state index contributed by atoms with van der Waals surface area (Å²) in [7, 11) is 0. The lowest BCUT2D eigenvalue weighted by Gasteiger charge is -2.48. The Labute approximate surface area is 714 Å². The zero-order valence-corrected chi connectivity index (χ0v) is 75.0. The third kappa shape index (κ3) is 55.2. The molecule has 3 heterocycles. The topological polar surface area (TPSA) is 307 Å². The molecule has 0 aromatic rings. The van der Waals surface area contributed by atoms with E-state index in [0.717, 1.165) is 51.4 Å². The van der Waals surface area contributed by atoms with Crippen LogP contribution in [0.5, 0.6) is 0 Å². The van der Waals surface area contributed by atoms with Gasteiger partial charge in [0.2, 0.25) is 5.91 Å². The summed E-state index contributed by atoms with van der Waals surface area (Å²) in [4.78, 5) is 13.6. The van der Waals surface area contributed by atoms with E-state index in [1.54, 1.807) is 6.08 Å². The lowest BCUT2D eigenvalue weighted by molar-refractivity contribution is -0.379. The molecule has 12 N–H and O–H groups in total. The van der Waals surface area contributed by atoms with Gasteiger partial charge in [0.25, 0.3) is 0 Å². The van der Waals surface area contributed by atoms with Gasteiger partial charge in [0.1, 0.15) is 73.2 Å². The fraction of sp³-hybridized carbons (Fsp3) is 0.929. The highest BCUT2D eigenvalue weighted by Gasteiger charge is 2.54. The number of hydrogen-bond donors (Lipinski definition) is 12. The molecule has 3 saturated heterocycles. The summed E-state index contributed by atoms with van der Waals surface area (Å²) < 4.78 is 34.6. The number of carbonyl (C=O) groups excluding carboxylic acids is 1. The van der Waals surface area contributed by atoms with Gasteiger partial charge in [0, 0.05) is 6.42 Å². The number of ether oxygens (including phenoxy) is 6. The predicted octanol–water partition coefficient (Wildman–Crippen LogP) is 20.5. The molecule has 19 nitrogen and oxygen atoms in total. The first kappa shape index (κ1) is 109. The van der Waals surface area contributed by atoms with Crippen LogP contribution in [0.15, 0.2) is 36.5 Å². The molecule has 3 fully saturated rings. The number of carbonyl (C=O) groups is 1. The van der Waals surface area contributed by atoms with Crippen molar-refractivity contribution in [1.29, 1.82) is 0 Å². The minimum Gasteiger partial charge on any atom is -0.394 e. The Hall–Kier alpha value is -1.99. The maximum atomic E-state index is 13.6. The molecule has 0 aliphatic carbocycles. The van der Waals surface area contributed by atoms with E-state index in [1.807, 2.05) is 6.08 Å². The molecule has 0 spiro atoms. The summed E-state index contributed by atoms with van der Waals surface area (Å²) in [5.74, 6) is -0.265. The quantitative estimate of drug-likeness (QED) is 0.0199. The van der Waals surface area contributed by atoms with Crippen LogP contribution in [0.25, 0.3) is 0 Å². The number of nitrogens with one attached hydrogen (secondary N) is 1. The van der Waals surface area contributed by atoms with Crippen LogP contribution in [0.2, 0.25) is 0 Å². The molecule has 19 heteroatoms. The second-order valence-electron chi connectivity index (χ2n) is 35.6. The number of amides is 1. The van der Waals surface area contributed by atoms with Gasteiger partial charge in [-0.15, -0.1) is 0 Å². The standard InChI is InChI=1S/C98H185NO18/c1-3-5-7-9-11-13-15-17-19-21-23-25-27-29-31-33-35-36-37-38-39-40-41-42-43-44-46-48-50-52-54-56-58-60-62-64-66-68-70-72-74-76-86(104)99-81(82(103)75-73-71-69-67-65-63-61-59-57-55-53-51-49-47-45-34-32-30-28-26-24-22-20-18-16-14-12-10-8-6-4-2)80-112-96-92(110)89(107)94(84(78-101)114-96)117-98-93(111)90(108)95(85(79-102)115-98)116-97-91(109)88(106)87(105)83(77-100)113-97/h15,17,21,23,73,75,81-85,87-98,100-103,105-111H,3-14,16,18-20,22,24-72,74,76-80H2,1-2H3,(H,99,104)/b17-15-,23-21-,75-73+. The van der Waals surface area contributed by atoms with Gasteiger partial charge in [-0.05, 0) is 51.4 Å². The number of aliphatic hydroxyl groups excluding tert-OH is 11. The summed E-state index contributed by atoms with van der Waals surface area (Å²) in [6, 6.07) is -0.974. The average Bonchev–Trinajstić information content (AvgIpc) is 0.778. The van der Waals surface area contributed by atoms with Gasteiger partial charge in [0.15, 0.2) is 18.9 Å². The van der Waals surface area contributed by atoms with E-state index in [0.29, 0.717) is 6.42 Å². The molecule has 117 heavy (non-hydrogen) atoms. The van der Waals surface area contributed by atoms with Crippen molar-refractivity contribution >= 4 is 5.91 Å². The molecule has 3 rings (SSSR count). The number of allylic oxidation sites excluding steroid dienone is 5. The summed E-state index contributed by atoms with van der Waals surface area (Å²) in [5.41, 5.74) is 0. The van der Waals surface area contributed by atoms with Gasteiger partial charge in [-0.1, -0.05) is 429 Å². The Morgan fingerprint density at radius 2 is 0.564 bits per heavy atom. The molecule has 17 unspecified atom stereocenters. The number of hydrogen-bond acceptors (Lipinski definition) is 18. The average molecular weight is 1670 g/mol. The molecule has 1 amide bonds. The van der Waals surface area contributed by atoms with Crippen molar-refractivity contribution in [3.63, 3.8) is 0 Å². The van der Waals surface area contributed by atoms with Crippen molar-refractivity contribution in [3.8, 4) is 0 Å². The fourth-order valence-corrected chi connectivity index (χ4v) is 17.1. The Balaban J connectivity index is 1.28.